The minimum atomic E-state index is -0.0227. The Balaban J connectivity index is 1.94. The minimum Gasteiger partial charge on any atom is -0.359 e. The van der Waals surface area contributed by atoms with Gasteiger partial charge in [-0.25, -0.2) is 9.97 Å². The van der Waals surface area contributed by atoms with Gasteiger partial charge in [-0.3, -0.25) is 0 Å². The van der Waals surface area contributed by atoms with Gasteiger partial charge in [0.25, 0.3) is 0 Å². The van der Waals surface area contributed by atoms with E-state index in [-0.39, 0.29) is 6.04 Å². The molecule has 3 aromatic rings. The lowest BCUT2D eigenvalue weighted by Crippen LogP contribution is -2.12. The molecular formula is C14H17N5OS. The molecule has 0 aromatic carbocycles. The summed E-state index contributed by atoms with van der Waals surface area (Å²) in [5, 5.41) is 8.46. The Morgan fingerprint density at radius 3 is 2.86 bits per heavy atom. The molecule has 1 unspecified atom stereocenters. The maximum atomic E-state index is 5.06. The predicted molar refractivity (Wildman–Crippen MR) is 82.5 cm³/mol. The first kappa shape index (κ1) is 13.9. The molecule has 0 saturated heterocycles. The fourth-order valence-electron chi connectivity index (χ4n) is 2.17. The van der Waals surface area contributed by atoms with E-state index in [0.29, 0.717) is 11.7 Å². The second-order valence-corrected chi connectivity index (χ2v) is 5.90. The molecule has 0 radical (unpaired) electrons. The van der Waals surface area contributed by atoms with Crippen molar-refractivity contribution in [3.8, 4) is 0 Å². The summed E-state index contributed by atoms with van der Waals surface area (Å²) >= 11 is 1.71. The van der Waals surface area contributed by atoms with E-state index in [9.17, 15) is 0 Å². The molecule has 0 spiro atoms. The molecule has 1 atom stereocenters. The highest BCUT2D eigenvalue weighted by atomic mass is 32.1. The van der Waals surface area contributed by atoms with Crippen molar-refractivity contribution in [2.24, 2.45) is 0 Å². The highest BCUT2D eigenvalue weighted by Crippen LogP contribution is 2.30. The molecule has 6 nitrogen and oxygen atoms in total. The third-order valence-electron chi connectivity index (χ3n) is 3.30. The lowest BCUT2D eigenvalue weighted by molar-refractivity contribution is 0.384. The third-order valence-corrected chi connectivity index (χ3v) is 4.49. The maximum Gasteiger partial charge on any atom is 0.223 e. The zero-order valence-corrected chi connectivity index (χ0v) is 13.1. The van der Waals surface area contributed by atoms with Crippen LogP contribution in [0.5, 0.6) is 0 Å². The Bertz CT molecular complexity index is 751. The third kappa shape index (κ3) is 2.73. The van der Waals surface area contributed by atoms with Crippen molar-refractivity contribution >= 4 is 27.4 Å². The molecule has 0 bridgehead atoms. The molecule has 3 rings (SSSR count). The van der Waals surface area contributed by atoms with Gasteiger partial charge in [0.05, 0.1) is 11.4 Å². The van der Waals surface area contributed by atoms with Crippen LogP contribution in [-0.4, -0.2) is 20.1 Å². The van der Waals surface area contributed by atoms with Crippen molar-refractivity contribution in [2.75, 3.05) is 5.32 Å². The molecular weight excluding hydrogens is 286 g/mol. The maximum absolute atomic E-state index is 5.06. The molecule has 0 aliphatic carbocycles. The van der Waals surface area contributed by atoms with Gasteiger partial charge in [0.15, 0.2) is 5.82 Å². The molecule has 7 heteroatoms. The zero-order chi connectivity index (χ0) is 14.8. The van der Waals surface area contributed by atoms with Gasteiger partial charge < -0.3 is 9.84 Å². The van der Waals surface area contributed by atoms with Crippen molar-refractivity contribution in [1.29, 1.82) is 0 Å². The summed E-state index contributed by atoms with van der Waals surface area (Å²) < 4.78 is 5.06. The van der Waals surface area contributed by atoms with E-state index in [1.165, 1.54) is 4.88 Å². The van der Waals surface area contributed by atoms with Crippen LogP contribution in [0.2, 0.25) is 0 Å². The van der Waals surface area contributed by atoms with Gasteiger partial charge in [-0.1, -0.05) is 19.0 Å². The van der Waals surface area contributed by atoms with Crippen molar-refractivity contribution in [3.63, 3.8) is 0 Å². The van der Waals surface area contributed by atoms with E-state index in [0.717, 1.165) is 28.9 Å². The van der Waals surface area contributed by atoms with E-state index >= 15 is 0 Å². The topological polar surface area (TPSA) is 76.7 Å². The van der Waals surface area contributed by atoms with Gasteiger partial charge >= 0.3 is 0 Å². The van der Waals surface area contributed by atoms with Gasteiger partial charge in [0.1, 0.15) is 17.0 Å². The largest absolute Gasteiger partial charge is 0.359 e. The number of fused-ring (bicyclic) bond motifs is 1. The highest BCUT2D eigenvalue weighted by molar-refractivity contribution is 7.18. The smallest absolute Gasteiger partial charge is 0.223 e. The van der Waals surface area contributed by atoms with Crippen molar-refractivity contribution in [3.05, 3.63) is 29.0 Å². The first-order valence-corrected chi connectivity index (χ1v) is 7.83. The summed E-state index contributed by atoms with van der Waals surface area (Å²) in [4.78, 5) is 15.3. The van der Waals surface area contributed by atoms with Crippen LogP contribution in [0.25, 0.3) is 10.2 Å². The number of aromatic nitrogens is 4. The lowest BCUT2D eigenvalue weighted by Gasteiger charge is -2.14. The molecule has 110 valence electrons. The lowest BCUT2D eigenvalue weighted by atomic mass is 10.2. The van der Waals surface area contributed by atoms with Gasteiger partial charge in [0.2, 0.25) is 5.89 Å². The van der Waals surface area contributed by atoms with Gasteiger partial charge in [0, 0.05) is 11.8 Å². The van der Waals surface area contributed by atoms with E-state index in [4.69, 9.17) is 4.52 Å². The van der Waals surface area contributed by atoms with Crippen LogP contribution in [0.1, 0.15) is 42.9 Å². The van der Waals surface area contributed by atoms with Gasteiger partial charge in [-0.15, -0.1) is 11.3 Å². The molecule has 0 aliphatic rings. The van der Waals surface area contributed by atoms with Crippen LogP contribution in [0.15, 0.2) is 16.9 Å². The Labute approximate surface area is 126 Å². The van der Waals surface area contributed by atoms with E-state index < -0.39 is 0 Å². The number of rotatable bonds is 5. The van der Waals surface area contributed by atoms with Crippen LogP contribution in [0, 0.1) is 6.92 Å². The molecule has 1 N–H and O–H groups in total. The molecule has 3 heterocycles. The first-order valence-electron chi connectivity index (χ1n) is 7.01. The van der Waals surface area contributed by atoms with E-state index in [1.54, 1.807) is 24.6 Å². The molecule has 0 fully saturated rings. The van der Waals surface area contributed by atoms with Crippen LogP contribution >= 0.6 is 11.3 Å². The quantitative estimate of drug-likeness (QED) is 0.777. The Hall–Kier alpha value is -2.02. The predicted octanol–water partition coefficient (Wildman–Crippen LogP) is 3.51. The fourth-order valence-corrected chi connectivity index (χ4v) is 3.10. The second-order valence-electron chi connectivity index (χ2n) is 4.78. The zero-order valence-electron chi connectivity index (χ0n) is 12.3. The molecule has 0 amide bonds. The Kier molecular flexibility index (Phi) is 3.83. The number of hydrogen-bond acceptors (Lipinski definition) is 7. The summed E-state index contributed by atoms with van der Waals surface area (Å²) in [6.07, 6.45) is 3.44. The summed E-state index contributed by atoms with van der Waals surface area (Å²) in [7, 11) is 0. The SMILES string of the molecule is CCc1cc2c(NC(CC)c3noc(C)n3)ncnc2s1. The summed E-state index contributed by atoms with van der Waals surface area (Å²) in [6, 6.07) is 2.13. The van der Waals surface area contributed by atoms with Crippen LogP contribution in [-0.2, 0) is 6.42 Å². The van der Waals surface area contributed by atoms with Crippen molar-refractivity contribution in [2.45, 2.75) is 39.7 Å². The molecule has 21 heavy (non-hydrogen) atoms. The highest BCUT2D eigenvalue weighted by Gasteiger charge is 2.18. The summed E-state index contributed by atoms with van der Waals surface area (Å²) in [5.41, 5.74) is 0. The Morgan fingerprint density at radius 2 is 2.19 bits per heavy atom. The molecule has 0 saturated carbocycles. The average Bonchev–Trinajstić information content (AvgIpc) is 3.10. The Morgan fingerprint density at radius 1 is 1.33 bits per heavy atom. The van der Waals surface area contributed by atoms with Crippen LogP contribution in [0.4, 0.5) is 5.82 Å². The number of nitrogens with one attached hydrogen (secondary N) is 1. The standard InChI is InChI=1S/C14H17N5OS/c1-4-9-6-10-12(15-7-16-14(10)21-9)18-11(5-2)13-17-8(3)20-19-13/h6-7,11H,4-5H2,1-3H3,(H,15,16,18). The van der Waals surface area contributed by atoms with Crippen molar-refractivity contribution < 1.29 is 4.52 Å². The van der Waals surface area contributed by atoms with Crippen molar-refractivity contribution in [1.82, 2.24) is 20.1 Å². The van der Waals surface area contributed by atoms with E-state index in [1.807, 2.05) is 0 Å². The summed E-state index contributed by atoms with van der Waals surface area (Å²) in [5.74, 6) is 2.06. The summed E-state index contributed by atoms with van der Waals surface area (Å²) in [6.45, 7) is 6.01. The number of hydrogen-bond donors (Lipinski definition) is 1. The van der Waals surface area contributed by atoms with E-state index in [2.05, 4.69) is 45.3 Å². The normalized spacial score (nSPS) is 12.7. The second kappa shape index (κ2) is 5.77. The molecule has 0 aliphatic heterocycles. The number of anilines is 1. The minimum absolute atomic E-state index is 0.0227. The fraction of sp³-hybridized carbons (Fsp3) is 0.429. The van der Waals surface area contributed by atoms with Crippen LogP contribution < -0.4 is 5.32 Å². The number of nitrogens with zero attached hydrogens (tertiary/aromatic N) is 4. The molecule has 3 aromatic heterocycles. The number of aryl methyl sites for hydroxylation is 2. The monoisotopic (exact) mass is 303 g/mol. The average molecular weight is 303 g/mol. The first-order chi connectivity index (χ1) is 10.2. The van der Waals surface area contributed by atoms with Crippen LogP contribution in [0.3, 0.4) is 0 Å². The number of thiophene rings is 1. The van der Waals surface area contributed by atoms with Gasteiger partial charge in [-0.2, -0.15) is 4.98 Å². The van der Waals surface area contributed by atoms with Gasteiger partial charge in [-0.05, 0) is 18.9 Å².